The summed E-state index contributed by atoms with van der Waals surface area (Å²) in [5, 5.41) is 14.6. The van der Waals surface area contributed by atoms with Gasteiger partial charge >= 0.3 is 0 Å². The number of amides is 1. The lowest BCUT2D eigenvalue weighted by Gasteiger charge is -2.06. The Bertz CT molecular complexity index is 1210. The molecular weight excluding hydrogens is 473 g/mol. The van der Waals surface area contributed by atoms with E-state index in [1.165, 1.54) is 35.2 Å². The van der Waals surface area contributed by atoms with Crippen LogP contribution in [0, 0.1) is 5.82 Å². The first kappa shape index (κ1) is 22.3. The monoisotopic (exact) mass is 489 g/mol. The molecule has 0 aliphatic heterocycles. The van der Waals surface area contributed by atoms with Gasteiger partial charge in [-0.2, -0.15) is 0 Å². The number of thioether (sulfide) groups is 1. The Morgan fingerprint density at radius 2 is 1.94 bits per heavy atom. The highest BCUT2D eigenvalue weighted by Crippen LogP contribution is 2.26. The molecule has 7 nitrogen and oxygen atoms in total. The van der Waals surface area contributed by atoms with Crippen LogP contribution < -0.4 is 10.1 Å². The van der Waals surface area contributed by atoms with Crippen molar-refractivity contribution in [3.05, 3.63) is 70.6 Å². The molecule has 0 aliphatic carbocycles. The molecule has 2 aromatic carbocycles. The molecule has 1 amide bonds. The number of anilines is 1. The number of rotatable bonds is 8. The van der Waals surface area contributed by atoms with E-state index >= 15 is 0 Å². The van der Waals surface area contributed by atoms with Gasteiger partial charge < -0.3 is 14.6 Å². The molecule has 11 heteroatoms. The number of benzene rings is 2. The Morgan fingerprint density at radius 1 is 1.19 bits per heavy atom. The number of nitrogens with zero attached hydrogens (tertiary/aromatic N) is 4. The van der Waals surface area contributed by atoms with E-state index in [9.17, 15) is 9.18 Å². The number of halogens is 2. The molecule has 0 saturated carbocycles. The van der Waals surface area contributed by atoms with Gasteiger partial charge in [0.25, 0.3) is 0 Å². The van der Waals surface area contributed by atoms with Crippen LogP contribution in [0.15, 0.2) is 59.1 Å². The second-order valence-electron chi connectivity index (χ2n) is 6.58. The minimum Gasteiger partial charge on any atom is -0.486 e. The van der Waals surface area contributed by atoms with Crippen molar-refractivity contribution in [2.75, 3.05) is 11.1 Å². The molecule has 0 saturated heterocycles. The number of carbonyl (C=O) groups is 1. The fourth-order valence-electron chi connectivity index (χ4n) is 2.64. The first-order valence-electron chi connectivity index (χ1n) is 9.38. The van der Waals surface area contributed by atoms with Crippen LogP contribution >= 0.6 is 34.7 Å². The van der Waals surface area contributed by atoms with Crippen LogP contribution in [0.25, 0.3) is 11.3 Å². The van der Waals surface area contributed by atoms with E-state index < -0.39 is 0 Å². The van der Waals surface area contributed by atoms with E-state index in [4.69, 9.17) is 16.3 Å². The summed E-state index contributed by atoms with van der Waals surface area (Å²) < 4.78 is 20.3. The quantitative estimate of drug-likeness (QED) is 0.349. The highest BCUT2D eigenvalue weighted by Gasteiger charge is 2.13. The number of nitrogens with one attached hydrogen (secondary N) is 1. The summed E-state index contributed by atoms with van der Waals surface area (Å²) in [6.45, 7) is 0.175. The van der Waals surface area contributed by atoms with Crippen LogP contribution in [0.2, 0.25) is 5.02 Å². The fourth-order valence-corrected chi connectivity index (χ4v) is 4.24. The summed E-state index contributed by atoms with van der Waals surface area (Å²) in [6.07, 6.45) is 0. The topological polar surface area (TPSA) is 81.9 Å². The molecule has 0 spiro atoms. The molecule has 164 valence electrons. The Kier molecular flexibility index (Phi) is 7.03. The number of hydrogen-bond donors (Lipinski definition) is 1. The molecule has 2 aromatic heterocycles. The standard InChI is InChI=1S/C21H17ClFN5O2S2/c1-28-18(10-30-16-8-6-15(23)7-9-16)26-27-21(28)32-12-19(29)25-20-24-17(11-31-20)13-2-4-14(22)5-3-13/h2-9,11H,10,12H2,1H3,(H,24,25,29). The van der Waals surface area contributed by atoms with Gasteiger partial charge in [-0.15, -0.1) is 21.5 Å². The smallest absolute Gasteiger partial charge is 0.236 e. The molecule has 0 unspecified atom stereocenters. The van der Waals surface area contributed by atoms with Crippen LogP contribution in [0.5, 0.6) is 5.75 Å². The Hall–Kier alpha value is -2.95. The summed E-state index contributed by atoms with van der Waals surface area (Å²) in [7, 11) is 1.79. The highest BCUT2D eigenvalue weighted by atomic mass is 35.5. The lowest BCUT2D eigenvalue weighted by atomic mass is 10.2. The van der Waals surface area contributed by atoms with Gasteiger partial charge in [0.1, 0.15) is 18.2 Å². The van der Waals surface area contributed by atoms with E-state index in [1.807, 2.05) is 17.5 Å². The molecule has 1 N–H and O–H groups in total. The average Bonchev–Trinajstić information content (AvgIpc) is 3.39. The van der Waals surface area contributed by atoms with Gasteiger partial charge in [0.15, 0.2) is 16.1 Å². The largest absolute Gasteiger partial charge is 0.486 e. The maximum atomic E-state index is 13.0. The average molecular weight is 490 g/mol. The third kappa shape index (κ3) is 5.64. The summed E-state index contributed by atoms with van der Waals surface area (Å²) >= 11 is 8.52. The van der Waals surface area contributed by atoms with Gasteiger partial charge in [0.05, 0.1) is 11.4 Å². The Labute approximate surface area is 196 Å². The summed E-state index contributed by atoms with van der Waals surface area (Å²) in [5.74, 6) is 0.751. The Balaban J connectivity index is 1.29. The first-order chi connectivity index (χ1) is 15.5. The third-order valence-corrected chi connectivity index (χ3v) is 6.36. The molecule has 32 heavy (non-hydrogen) atoms. The van der Waals surface area contributed by atoms with Gasteiger partial charge in [-0.25, -0.2) is 9.37 Å². The molecular formula is C21H17ClFN5O2S2. The van der Waals surface area contributed by atoms with Gasteiger partial charge in [-0.1, -0.05) is 35.5 Å². The second kappa shape index (κ2) is 10.1. The summed E-state index contributed by atoms with van der Waals surface area (Å²) in [4.78, 5) is 16.8. The minimum absolute atomic E-state index is 0.153. The van der Waals surface area contributed by atoms with Gasteiger partial charge in [-0.3, -0.25) is 4.79 Å². The number of thiazole rings is 1. The molecule has 0 radical (unpaired) electrons. The van der Waals surface area contributed by atoms with Crippen molar-refractivity contribution in [3.63, 3.8) is 0 Å². The molecule has 4 rings (SSSR count). The zero-order valence-electron chi connectivity index (χ0n) is 16.8. The first-order valence-corrected chi connectivity index (χ1v) is 11.6. The maximum Gasteiger partial charge on any atom is 0.236 e. The van der Waals surface area contributed by atoms with Crippen LogP contribution in [-0.4, -0.2) is 31.4 Å². The lowest BCUT2D eigenvalue weighted by molar-refractivity contribution is -0.113. The number of carbonyl (C=O) groups excluding carboxylic acids is 1. The normalized spacial score (nSPS) is 10.8. The van der Waals surface area contributed by atoms with Crippen LogP contribution in [0.1, 0.15) is 5.82 Å². The van der Waals surface area contributed by atoms with Crippen molar-refractivity contribution in [2.45, 2.75) is 11.8 Å². The van der Waals surface area contributed by atoms with E-state index in [-0.39, 0.29) is 24.1 Å². The van der Waals surface area contributed by atoms with Crippen LogP contribution in [0.4, 0.5) is 9.52 Å². The van der Waals surface area contributed by atoms with Crippen molar-refractivity contribution in [3.8, 4) is 17.0 Å². The highest BCUT2D eigenvalue weighted by molar-refractivity contribution is 7.99. The molecule has 2 heterocycles. The van der Waals surface area contributed by atoms with E-state index in [0.29, 0.717) is 26.9 Å². The predicted octanol–water partition coefficient (Wildman–Crippen LogP) is 5.04. The van der Waals surface area contributed by atoms with Crippen molar-refractivity contribution in [1.29, 1.82) is 0 Å². The van der Waals surface area contributed by atoms with Crippen LogP contribution in [0.3, 0.4) is 0 Å². The predicted molar refractivity (Wildman–Crippen MR) is 124 cm³/mol. The maximum absolute atomic E-state index is 13.0. The molecule has 4 aromatic rings. The van der Waals surface area contributed by atoms with Gasteiger partial charge in [0, 0.05) is 23.0 Å². The molecule has 0 aliphatic rings. The Morgan fingerprint density at radius 3 is 2.69 bits per heavy atom. The van der Waals surface area contributed by atoms with Crippen LogP contribution in [-0.2, 0) is 18.4 Å². The number of ether oxygens (including phenoxy) is 1. The zero-order valence-corrected chi connectivity index (χ0v) is 19.2. The van der Waals surface area contributed by atoms with Crippen molar-refractivity contribution < 1.29 is 13.9 Å². The lowest BCUT2D eigenvalue weighted by Crippen LogP contribution is -2.14. The summed E-state index contributed by atoms with van der Waals surface area (Å²) in [6, 6.07) is 13.1. The van der Waals surface area contributed by atoms with Crippen molar-refractivity contribution in [1.82, 2.24) is 19.7 Å². The van der Waals surface area contributed by atoms with Crippen molar-refractivity contribution >= 4 is 45.7 Å². The second-order valence-corrected chi connectivity index (χ2v) is 8.82. The van der Waals surface area contributed by atoms with E-state index in [0.717, 1.165) is 11.3 Å². The van der Waals surface area contributed by atoms with E-state index in [2.05, 4.69) is 20.5 Å². The van der Waals surface area contributed by atoms with E-state index in [1.54, 1.807) is 35.9 Å². The summed E-state index contributed by atoms with van der Waals surface area (Å²) in [5.41, 5.74) is 1.70. The molecule has 0 fully saturated rings. The van der Waals surface area contributed by atoms with Gasteiger partial charge in [-0.05, 0) is 36.4 Å². The number of aromatic nitrogens is 4. The third-order valence-electron chi connectivity index (χ3n) is 4.33. The SMILES string of the molecule is Cn1c(COc2ccc(F)cc2)nnc1SCC(=O)Nc1nc(-c2ccc(Cl)cc2)cs1. The molecule has 0 atom stereocenters. The van der Waals surface area contributed by atoms with Gasteiger partial charge in [0.2, 0.25) is 5.91 Å². The minimum atomic E-state index is -0.327. The van der Waals surface area contributed by atoms with Crippen molar-refractivity contribution in [2.24, 2.45) is 7.05 Å². The fraction of sp³-hybridized carbons (Fsp3) is 0.143. The molecule has 0 bridgehead atoms. The number of hydrogen-bond acceptors (Lipinski definition) is 7. The zero-order chi connectivity index (χ0) is 22.5.